The lowest BCUT2D eigenvalue weighted by Crippen LogP contribution is -2.48. The van der Waals surface area contributed by atoms with Crippen LogP contribution in [0.25, 0.3) is 11.3 Å². The molecule has 47 heavy (non-hydrogen) atoms. The van der Waals surface area contributed by atoms with Gasteiger partial charge in [0.05, 0.1) is 17.2 Å². The van der Waals surface area contributed by atoms with Crippen LogP contribution in [0.3, 0.4) is 0 Å². The van der Waals surface area contributed by atoms with Crippen molar-refractivity contribution in [3.63, 3.8) is 0 Å². The molecular formula is C38H46N5O4+. The number of hydrogen-bond donors (Lipinski definition) is 3. The van der Waals surface area contributed by atoms with E-state index in [2.05, 4.69) is 49.9 Å². The number of aryl methyl sites for hydroxylation is 2. The van der Waals surface area contributed by atoms with Crippen LogP contribution in [0.2, 0.25) is 0 Å². The molecule has 3 unspecified atom stereocenters. The molecule has 0 spiro atoms. The molecule has 0 saturated heterocycles. The van der Waals surface area contributed by atoms with E-state index in [0.29, 0.717) is 23.9 Å². The molecule has 1 aromatic heterocycles. The largest absolute Gasteiger partial charge is 0.477 e. The summed E-state index contributed by atoms with van der Waals surface area (Å²) in [5.74, 6) is 1.93. The van der Waals surface area contributed by atoms with E-state index < -0.39 is 4.92 Å². The van der Waals surface area contributed by atoms with Gasteiger partial charge in [-0.15, -0.1) is 15.8 Å². The molecule has 1 saturated carbocycles. The van der Waals surface area contributed by atoms with Gasteiger partial charge in [-0.2, -0.15) is 4.98 Å². The summed E-state index contributed by atoms with van der Waals surface area (Å²) in [5.41, 5.74) is 9.18. The second kappa shape index (κ2) is 12.7. The maximum absolute atomic E-state index is 11.4. The number of nitrogens with one attached hydrogen (secondary N) is 1. The Morgan fingerprint density at radius 3 is 2.47 bits per heavy atom. The fourth-order valence-corrected chi connectivity index (χ4v) is 7.08. The van der Waals surface area contributed by atoms with Crippen LogP contribution >= 0.6 is 0 Å². The number of rotatable bonds is 3. The number of quaternary nitrogens is 1. The fourth-order valence-electron chi connectivity index (χ4n) is 7.08. The maximum atomic E-state index is 11.4. The first-order chi connectivity index (χ1) is 22.3. The molecule has 0 amide bonds. The molecule has 4 bridgehead atoms. The monoisotopic (exact) mass is 636 g/mol. The van der Waals surface area contributed by atoms with Crippen LogP contribution in [0.5, 0.6) is 5.88 Å². The predicted octanol–water partition coefficient (Wildman–Crippen LogP) is 8.97. The second-order valence-electron chi connectivity index (χ2n) is 14.0. The van der Waals surface area contributed by atoms with Crippen LogP contribution < -0.4 is 15.1 Å². The van der Waals surface area contributed by atoms with Gasteiger partial charge in [-0.05, 0) is 56.2 Å². The molecule has 3 atom stereocenters. The highest BCUT2D eigenvalue weighted by molar-refractivity contribution is 6.09. The highest BCUT2D eigenvalue weighted by Crippen LogP contribution is 2.46. The summed E-state index contributed by atoms with van der Waals surface area (Å²) in [6, 6.07) is 15.4. The summed E-state index contributed by atoms with van der Waals surface area (Å²) in [4.78, 5) is 12.8. The summed E-state index contributed by atoms with van der Waals surface area (Å²) in [6.45, 7) is 17.0. The molecule has 2 aromatic carbocycles. The topological polar surface area (TPSA) is 109 Å². The molecule has 1 fully saturated rings. The molecule has 1 aliphatic carbocycles. The third-order valence-corrected chi connectivity index (χ3v) is 9.49. The number of anilines is 1. The summed E-state index contributed by atoms with van der Waals surface area (Å²) in [5, 5.41) is 22.8. The summed E-state index contributed by atoms with van der Waals surface area (Å²) >= 11 is 0. The first-order valence-electron chi connectivity index (χ1n) is 16.5. The number of allylic oxidation sites excluding steroid dienone is 4. The van der Waals surface area contributed by atoms with Gasteiger partial charge in [-0.1, -0.05) is 76.6 Å². The van der Waals surface area contributed by atoms with Gasteiger partial charge in [-0.25, -0.2) is 9.98 Å². The summed E-state index contributed by atoms with van der Waals surface area (Å²) in [6.07, 6.45) is 8.04. The third-order valence-electron chi connectivity index (χ3n) is 9.49. The zero-order valence-electron chi connectivity index (χ0n) is 28.2. The number of aliphatic imine (C=N–C) groups is 1. The van der Waals surface area contributed by atoms with Crippen molar-refractivity contribution in [1.29, 1.82) is 0 Å². The van der Waals surface area contributed by atoms with Crippen molar-refractivity contribution in [2.75, 3.05) is 12.0 Å². The first-order valence-corrected chi connectivity index (χ1v) is 16.5. The van der Waals surface area contributed by atoms with E-state index in [9.17, 15) is 10.4 Å². The number of fused-ring (bicyclic) bond motifs is 6. The van der Waals surface area contributed by atoms with E-state index in [1.54, 1.807) is 6.07 Å². The Hall–Kier alpha value is -4.31. The number of hydrogen-bond acceptors (Lipinski definition) is 8. The molecule has 3 aliphatic rings. The van der Waals surface area contributed by atoms with Crippen molar-refractivity contribution in [1.82, 2.24) is 14.9 Å². The van der Waals surface area contributed by atoms with Crippen LogP contribution in [0.1, 0.15) is 76.0 Å². The van der Waals surface area contributed by atoms with Crippen molar-refractivity contribution in [2.24, 2.45) is 22.2 Å². The van der Waals surface area contributed by atoms with Gasteiger partial charge in [0.1, 0.15) is 17.2 Å². The van der Waals surface area contributed by atoms with E-state index in [1.165, 1.54) is 0 Å². The van der Waals surface area contributed by atoms with Crippen LogP contribution in [0.4, 0.5) is 11.6 Å². The molecule has 6 rings (SSSR count). The quantitative estimate of drug-likeness (QED) is 0.246. The molecule has 9 heteroatoms. The Morgan fingerprint density at radius 1 is 1.04 bits per heavy atom. The lowest BCUT2D eigenvalue weighted by Gasteiger charge is -2.33. The predicted molar refractivity (Wildman–Crippen MR) is 185 cm³/mol. The van der Waals surface area contributed by atoms with Crippen molar-refractivity contribution in [3.05, 3.63) is 101 Å². The van der Waals surface area contributed by atoms with Crippen LogP contribution in [-0.2, 0) is 4.74 Å². The SMILES string of the molecule is C=C1OC(C(C)(C)C)=CC1=N/C(=C\C)C1CCCCC2COc3cc(-c4c(C)cccc4C)nc(n3)N[N+](O)(O)c3cccc(c3)C21. The Morgan fingerprint density at radius 2 is 1.77 bits per heavy atom. The van der Waals surface area contributed by atoms with Crippen molar-refractivity contribution in [3.8, 4) is 17.1 Å². The van der Waals surface area contributed by atoms with Gasteiger partial charge in [0, 0.05) is 52.8 Å². The van der Waals surface area contributed by atoms with Gasteiger partial charge in [-0.3, -0.25) is 0 Å². The lowest BCUT2D eigenvalue weighted by molar-refractivity contribution is -0.273. The van der Waals surface area contributed by atoms with Gasteiger partial charge in [0.2, 0.25) is 11.6 Å². The third kappa shape index (κ3) is 6.74. The number of aromatic nitrogens is 2. The fraction of sp³-hybridized carbons (Fsp3) is 0.395. The molecule has 9 nitrogen and oxygen atoms in total. The van der Waals surface area contributed by atoms with Gasteiger partial charge in [0.25, 0.3) is 5.95 Å². The minimum atomic E-state index is -1.62. The number of ether oxygens (including phenoxy) is 2. The molecule has 3 aromatic rings. The molecule has 246 valence electrons. The van der Waals surface area contributed by atoms with E-state index in [-0.39, 0.29) is 34.8 Å². The van der Waals surface area contributed by atoms with Gasteiger partial charge >= 0.3 is 0 Å². The van der Waals surface area contributed by atoms with Gasteiger partial charge < -0.3 is 9.47 Å². The Labute approximate surface area is 277 Å². The zero-order valence-corrected chi connectivity index (χ0v) is 28.2. The molecule has 3 heterocycles. The maximum Gasteiger partial charge on any atom is 0.279 e. The average Bonchev–Trinajstić information content (AvgIpc) is 3.26. The zero-order chi connectivity index (χ0) is 33.5. The summed E-state index contributed by atoms with van der Waals surface area (Å²) in [7, 11) is 0. The lowest BCUT2D eigenvalue weighted by atomic mass is 9.74. The average molecular weight is 637 g/mol. The number of benzene rings is 2. The van der Waals surface area contributed by atoms with Gasteiger partial charge in [0.15, 0.2) is 0 Å². The highest BCUT2D eigenvalue weighted by Gasteiger charge is 2.39. The molecular weight excluding hydrogens is 590 g/mol. The Balaban J connectivity index is 1.45. The Kier molecular flexibility index (Phi) is 8.82. The minimum Gasteiger partial charge on any atom is -0.477 e. The number of nitrogens with zero attached hydrogens (tertiary/aromatic N) is 4. The van der Waals surface area contributed by atoms with E-state index >= 15 is 0 Å². The smallest absolute Gasteiger partial charge is 0.279 e. The van der Waals surface area contributed by atoms with Crippen molar-refractivity contribution in [2.45, 2.75) is 73.1 Å². The molecule has 2 aliphatic heterocycles. The standard InChI is InChI=1S/C38H46N5O4/c1-8-30(39-31-20-33(38(5,6)7)47-25(31)4)29-18-10-9-15-27-22-46-34-21-32(35-23(2)13-11-14-24(35)3)40-37(41-34)42-43(44,45)28-17-12-16-26(19-28)36(27)29/h8,11-14,16-17,19-21,27,29,36,44-45H,4,9-10,15,18,22H2,1-3,5-7H3,(H,40,41,42)/q+1/b30-8-,39-31?. The molecule has 0 radical (unpaired) electrons. The molecule has 3 N–H and O–H groups in total. The summed E-state index contributed by atoms with van der Waals surface area (Å²) < 4.78 is 12.6. The van der Waals surface area contributed by atoms with E-state index in [1.807, 2.05) is 63.2 Å². The van der Waals surface area contributed by atoms with Crippen LogP contribution in [0, 0.1) is 31.1 Å². The second-order valence-corrected chi connectivity index (χ2v) is 14.0. The van der Waals surface area contributed by atoms with Crippen molar-refractivity contribution >= 4 is 17.3 Å². The minimum absolute atomic E-state index is 0.0199. The first kappa shape index (κ1) is 32.6. The van der Waals surface area contributed by atoms with Crippen LogP contribution in [-0.4, -0.2) is 32.7 Å². The van der Waals surface area contributed by atoms with Crippen molar-refractivity contribution < 1.29 is 19.9 Å². The van der Waals surface area contributed by atoms with Crippen LogP contribution in [0.15, 0.2) is 89.5 Å². The Bertz CT molecular complexity index is 1760. The van der Waals surface area contributed by atoms with E-state index in [0.717, 1.165) is 65.1 Å². The highest BCUT2D eigenvalue weighted by atomic mass is 16.9. The normalized spacial score (nSPS) is 23.7. The van der Waals surface area contributed by atoms with E-state index in [4.69, 9.17) is 19.5 Å².